The highest BCUT2D eigenvalue weighted by Crippen LogP contribution is 2.21. The summed E-state index contributed by atoms with van der Waals surface area (Å²) in [5.74, 6) is 0. The summed E-state index contributed by atoms with van der Waals surface area (Å²) in [7, 11) is 0. The second-order valence-electron chi connectivity index (χ2n) is 4.20. The molecular formula is C11H15NO. The van der Waals surface area contributed by atoms with Gasteiger partial charge in [-0.3, -0.25) is 4.98 Å². The van der Waals surface area contributed by atoms with Gasteiger partial charge in [0.05, 0.1) is 0 Å². The van der Waals surface area contributed by atoms with E-state index in [4.69, 9.17) is 0 Å². The second kappa shape index (κ2) is 3.69. The molecule has 0 aliphatic heterocycles. The molecule has 70 valence electrons. The minimum absolute atomic E-state index is 0.103. The summed E-state index contributed by atoms with van der Waals surface area (Å²) in [6.07, 6.45) is 4.96. The van der Waals surface area contributed by atoms with Crippen molar-refractivity contribution in [2.75, 3.05) is 0 Å². The number of carbonyl (C=O) groups is 1. The zero-order valence-corrected chi connectivity index (χ0v) is 8.37. The lowest BCUT2D eigenvalue weighted by atomic mass is 9.87. The Morgan fingerprint density at radius 3 is 2.62 bits per heavy atom. The van der Waals surface area contributed by atoms with E-state index in [0.29, 0.717) is 6.42 Å². The Bertz CT molecular complexity index is 299. The normalized spacial score (nSPS) is 11.3. The fraction of sp³-hybridized carbons (Fsp3) is 0.455. The van der Waals surface area contributed by atoms with Crippen molar-refractivity contribution < 1.29 is 4.79 Å². The molecule has 2 nitrogen and oxygen atoms in total. The topological polar surface area (TPSA) is 30.0 Å². The van der Waals surface area contributed by atoms with Gasteiger partial charge in [-0.25, -0.2) is 0 Å². The van der Waals surface area contributed by atoms with E-state index in [-0.39, 0.29) is 5.41 Å². The third kappa shape index (κ3) is 2.65. The van der Waals surface area contributed by atoms with Crippen molar-refractivity contribution in [1.29, 1.82) is 0 Å². The number of hydrogen-bond acceptors (Lipinski definition) is 2. The maximum Gasteiger partial charge on any atom is 0.124 e. The van der Waals surface area contributed by atoms with Gasteiger partial charge in [-0.1, -0.05) is 26.8 Å². The van der Waals surface area contributed by atoms with Gasteiger partial charge in [-0.15, -0.1) is 0 Å². The molecule has 0 aliphatic rings. The third-order valence-corrected chi connectivity index (χ3v) is 1.98. The zero-order valence-electron chi connectivity index (χ0n) is 8.37. The van der Waals surface area contributed by atoms with Gasteiger partial charge < -0.3 is 4.79 Å². The van der Waals surface area contributed by atoms with Crippen LogP contribution >= 0.6 is 0 Å². The Balaban J connectivity index is 2.98. The summed E-state index contributed by atoms with van der Waals surface area (Å²) in [5.41, 5.74) is 2.26. The van der Waals surface area contributed by atoms with Crippen LogP contribution in [-0.2, 0) is 16.6 Å². The molecular weight excluding hydrogens is 162 g/mol. The Labute approximate surface area is 79.0 Å². The number of nitrogens with zero attached hydrogens (tertiary/aromatic N) is 1. The molecule has 1 heterocycles. The monoisotopic (exact) mass is 177 g/mol. The number of rotatable bonds is 2. The first kappa shape index (κ1) is 9.90. The molecule has 1 aromatic rings. The Morgan fingerprint density at radius 2 is 2.08 bits per heavy atom. The molecule has 0 saturated heterocycles. The Hall–Kier alpha value is -1.18. The van der Waals surface area contributed by atoms with Crippen LogP contribution < -0.4 is 0 Å². The summed E-state index contributed by atoms with van der Waals surface area (Å²) < 4.78 is 0. The van der Waals surface area contributed by atoms with Crippen LogP contribution in [-0.4, -0.2) is 11.3 Å². The van der Waals surface area contributed by atoms with Crippen LogP contribution in [0.2, 0.25) is 0 Å². The molecule has 0 unspecified atom stereocenters. The Kier molecular flexibility index (Phi) is 2.81. The van der Waals surface area contributed by atoms with Crippen LogP contribution in [0.1, 0.15) is 31.9 Å². The molecule has 1 rings (SSSR count). The number of aldehydes is 1. The van der Waals surface area contributed by atoms with Crippen molar-refractivity contribution in [3.8, 4) is 0 Å². The second-order valence-corrected chi connectivity index (χ2v) is 4.20. The molecule has 13 heavy (non-hydrogen) atoms. The van der Waals surface area contributed by atoms with Crippen LogP contribution in [0.15, 0.2) is 18.5 Å². The molecule has 0 spiro atoms. The van der Waals surface area contributed by atoms with Crippen molar-refractivity contribution in [1.82, 2.24) is 4.98 Å². The third-order valence-electron chi connectivity index (χ3n) is 1.98. The van der Waals surface area contributed by atoms with Crippen LogP contribution in [0.3, 0.4) is 0 Å². The molecule has 0 aliphatic carbocycles. The van der Waals surface area contributed by atoms with Gasteiger partial charge in [-0.2, -0.15) is 0 Å². The van der Waals surface area contributed by atoms with Crippen molar-refractivity contribution in [3.63, 3.8) is 0 Å². The SMILES string of the molecule is CC(C)(C)c1cncc(CC=O)c1. The van der Waals surface area contributed by atoms with Crippen LogP contribution in [0.4, 0.5) is 0 Å². The fourth-order valence-electron chi connectivity index (χ4n) is 1.11. The largest absolute Gasteiger partial charge is 0.303 e. The molecule has 0 saturated carbocycles. The molecule has 0 atom stereocenters. The summed E-state index contributed by atoms with van der Waals surface area (Å²) in [6, 6.07) is 2.04. The van der Waals surface area contributed by atoms with E-state index in [0.717, 1.165) is 11.8 Å². The van der Waals surface area contributed by atoms with Crippen molar-refractivity contribution in [3.05, 3.63) is 29.6 Å². The number of pyridine rings is 1. The van der Waals surface area contributed by atoms with Gasteiger partial charge in [0.1, 0.15) is 6.29 Å². The van der Waals surface area contributed by atoms with Gasteiger partial charge >= 0.3 is 0 Å². The fourth-order valence-corrected chi connectivity index (χ4v) is 1.11. The molecule has 1 aromatic heterocycles. The van der Waals surface area contributed by atoms with Crippen LogP contribution in [0, 0.1) is 0 Å². The minimum Gasteiger partial charge on any atom is -0.303 e. The van der Waals surface area contributed by atoms with Gasteiger partial charge in [0.2, 0.25) is 0 Å². The van der Waals surface area contributed by atoms with E-state index >= 15 is 0 Å². The van der Waals surface area contributed by atoms with E-state index in [1.807, 2.05) is 12.3 Å². The molecule has 0 fully saturated rings. The average molecular weight is 177 g/mol. The lowest BCUT2D eigenvalue weighted by Gasteiger charge is -2.18. The maximum atomic E-state index is 10.3. The van der Waals surface area contributed by atoms with Gasteiger partial charge in [0.25, 0.3) is 0 Å². The highest BCUT2D eigenvalue weighted by molar-refractivity contribution is 5.54. The summed E-state index contributed by atoms with van der Waals surface area (Å²) in [6.45, 7) is 6.40. The van der Waals surface area contributed by atoms with Gasteiger partial charge in [0.15, 0.2) is 0 Å². The summed E-state index contributed by atoms with van der Waals surface area (Å²) in [5, 5.41) is 0. The van der Waals surface area contributed by atoms with Gasteiger partial charge in [-0.05, 0) is 16.5 Å². The van der Waals surface area contributed by atoms with E-state index in [2.05, 4.69) is 25.8 Å². The van der Waals surface area contributed by atoms with Crippen molar-refractivity contribution >= 4 is 6.29 Å². The van der Waals surface area contributed by atoms with Crippen LogP contribution in [0.5, 0.6) is 0 Å². The summed E-state index contributed by atoms with van der Waals surface area (Å²) in [4.78, 5) is 14.4. The maximum absolute atomic E-state index is 10.3. The van der Waals surface area contributed by atoms with Gasteiger partial charge in [0, 0.05) is 18.8 Å². The quantitative estimate of drug-likeness (QED) is 0.648. The highest BCUT2D eigenvalue weighted by Gasteiger charge is 2.13. The smallest absolute Gasteiger partial charge is 0.124 e. The minimum atomic E-state index is 0.103. The van der Waals surface area contributed by atoms with Crippen molar-refractivity contribution in [2.45, 2.75) is 32.6 Å². The first-order chi connectivity index (χ1) is 6.04. The standard InChI is InChI=1S/C11H15NO/c1-11(2,3)10-6-9(4-5-13)7-12-8-10/h5-8H,4H2,1-3H3. The number of aromatic nitrogens is 1. The first-order valence-corrected chi connectivity index (χ1v) is 4.42. The van der Waals surface area contributed by atoms with E-state index in [1.54, 1.807) is 6.20 Å². The van der Waals surface area contributed by atoms with E-state index < -0.39 is 0 Å². The molecule has 0 aromatic carbocycles. The van der Waals surface area contributed by atoms with Crippen LogP contribution in [0.25, 0.3) is 0 Å². The number of hydrogen-bond donors (Lipinski definition) is 0. The molecule has 0 N–H and O–H groups in total. The summed E-state index contributed by atoms with van der Waals surface area (Å²) >= 11 is 0. The lowest BCUT2D eigenvalue weighted by molar-refractivity contribution is -0.107. The predicted octanol–water partition coefficient (Wildman–Crippen LogP) is 2.12. The average Bonchev–Trinajstić information content (AvgIpc) is 2.04. The van der Waals surface area contributed by atoms with Crippen molar-refractivity contribution in [2.24, 2.45) is 0 Å². The zero-order chi connectivity index (χ0) is 9.90. The first-order valence-electron chi connectivity index (χ1n) is 4.42. The number of carbonyl (C=O) groups excluding carboxylic acids is 1. The van der Waals surface area contributed by atoms with E-state index in [1.165, 1.54) is 5.56 Å². The Morgan fingerprint density at radius 1 is 1.38 bits per heavy atom. The predicted molar refractivity (Wildman–Crippen MR) is 52.7 cm³/mol. The molecule has 2 heteroatoms. The highest BCUT2D eigenvalue weighted by atomic mass is 16.1. The van der Waals surface area contributed by atoms with E-state index in [9.17, 15) is 4.79 Å². The lowest BCUT2D eigenvalue weighted by Crippen LogP contribution is -2.11. The molecule has 0 amide bonds. The molecule has 0 radical (unpaired) electrons. The molecule has 0 bridgehead atoms.